The van der Waals surface area contributed by atoms with E-state index in [1.165, 1.54) is 11.0 Å². The Balaban J connectivity index is 2.46. The van der Waals surface area contributed by atoms with Gasteiger partial charge in [-0.15, -0.1) is 0 Å². The third kappa shape index (κ3) is 2.15. The first-order chi connectivity index (χ1) is 8.43. The molecule has 0 aliphatic rings. The van der Waals surface area contributed by atoms with Gasteiger partial charge in [0.05, 0.1) is 5.25 Å². The number of nitrogens with zero attached hydrogens (tertiary/aromatic N) is 3. The van der Waals surface area contributed by atoms with Crippen LogP contribution in [0.4, 0.5) is 0 Å². The largest absolute Gasteiger partial charge is 0.245 e. The minimum Gasteiger partial charge on any atom is -0.240 e. The van der Waals surface area contributed by atoms with Crippen molar-refractivity contribution >= 4 is 9.84 Å². The number of benzene rings is 1. The molecule has 2 rings (SSSR count). The van der Waals surface area contributed by atoms with E-state index in [-0.39, 0.29) is 5.16 Å². The average Bonchev–Trinajstić information content (AvgIpc) is 2.75. The lowest BCUT2D eigenvalue weighted by atomic mass is 10.1. The summed E-state index contributed by atoms with van der Waals surface area (Å²) in [5.74, 6) is 0. The molecule has 0 aliphatic carbocycles. The smallest absolute Gasteiger partial charge is 0.240 e. The first-order valence-corrected chi connectivity index (χ1v) is 7.12. The second kappa shape index (κ2) is 4.53. The van der Waals surface area contributed by atoms with Crippen molar-refractivity contribution in [1.82, 2.24) is 14.8 Å². The van der Waals surface area contributed by atoms with Gasteiger partial charge in [0.2, 0.25) is 15.0 Å². The highest BCUT2D eigenvalue weighted by Crippen LogP contribution is 2.27. The van der Waals surface area contributed by atoms with Crippen molar-refractivity contribution < 1.29 is 8.42 Å². The first kappa shape index (κ1) is 12.8. The van der Waals surface area contributed by atoms with Crippen LogP contribution in [-0.4, -0.2) is 23.2 Å². The van der Waals surface area contributed by atoms with Gasteiger partial charge in [-0.25, -0.2) is 18.1 Å². The Morgan fingerprint density at radius 2 is 2.06 bits per heavy atom. The van der Waals surface area contributed by atoms with Gasteiger partial charge in [-0.2, -0.15) is 5.10 Å². The van der Waals surface area contributed by atoms with E-state index in [2.05, 4.69) is 10.1 Å². The molecule has 18 heavy (non-hydrogen) atoms. The van der Waals surface area contributed by atoms with Crippen LogP contribution >= 0.6 is 0 Å². The van der Waals surface area contributed by atoms with Crippen LogP contribution in [0, 0.1) is 6.92 Å². The lowest BCUT2D eigenvalue weighted by Crippen LogP contribution is -2.15. The fourth-order valence-electron chi connectivity index (χ4n) is 1.80. The minimum absolute atomic E-state index is 0.00324. The maximum atomic E-state index is 12.4. The van der Waals surface area contributed by atoms with Crippen LogP contribution in [0.1, 0.15) is 23.3 Å². The number of aromatic nitrogens is 3. The zero-order valence-electron chi connectivity index (χ0n) is 10.5. The zero-order valence-corrected chi connectivity index (χ0v) is 11.3. The monoisotopic (exact) mass is 265 g/mol. The molecule has 0 radical (unpaired) electrons. The molecule has 1 heterocycles. The highest BCUT2D eigenvalue weighted by atomic mass is 32.2. The molecule has 1 aromatic heterocycles. The molecule has 0 aliphatic heterocycles. The van der Waals surface area contributed by atoms with Crippen LogP contribution in [0.15, 0.2) is 35.7 Å². The molecule has 0 bridgehead atoms. The summed E-state index contributed by atoms with van der Waals surface area (Å²) in [5, 5.41) is 3.16. The number of hydrogen-bond acceptors (Lipinski definition) is 4. The van der Waals surface area contributed by atoms with Crippen molar-refractivity contribution in [3.8, 4) is 0 Å². The van der Waals surface area contributed by atoms with Gasteiger partial charge < -0.3 is 0 Å². The van der Waals surface area contributed by atoms with Crippen molar-refractivity contribution in [2.45, 2.75) is 24.3 Å². The molecule has 0 fully saturated rings. The molecular formula is C12H15N3O2S. The van der Waals surface area contributed by atoms with Crippen molar-refractivity contribution in [3.05, 3.63) is 41.7 Å². The van der Waals surface area contributed by atoms with Gasteiger partial charge >= 0.3 is 0 Å². The summed E-state index contributed by atoms with van der Waals surface area (Å²) in [4.78, 5) is 3.82. The topological polar surface area (TPSA) is 64.8 Å². The van der Waals surface area contributed by atoms with Crippen molar-refractivity contribution in [1.29, 1.82) is 0 Å². The number of hydrogen-bond donors (Lipinski definition) is 0. The van der Waals surface area contributed by atoms with E-state index in [9.17, 15) is 8.42 Å². The molecular weight excluding hydrogens is 250 g/mol. The number of sulfone groups is 1. The van der Waals surface area contributed by atoms with Gasteiger partial charge in [0.25, 0.3) is 0 Å². The molecule has 1 unspecified atom stereocenters. The quantitative estimate of drug-likeness (QED) is 0.846. The summed E-state index contributed by atoms with van der Waals surface area (Å²) in [6.45, 7) is 3.60. The Hall–Kier alpha value is -1.69. The fraction of sp³-hybridized carbons (Fsp3) is 0.333. The molecule has 0 saturated carbocycles. The summed E-state index contributed by atoms with van der Waals surface area (Å²) < 4.78 is 26.1. The van der Waals surface area contributed by atoms with Crippen LogP contribution in [-0.2, 0) is 16.9 Å². The lowest BCUT2D eigenvalue weighted by molar-refractivity contribution is 0.560. The van der Waals surface area contributed by atoms with E-state index in [4.69, 9.17) is 0 Å². The predicted molar refractivity (Wildman–Crippen MR) is 67.8 cm³/mol. The van der Waals surface area contributed by atoms with Gasteiger partial charge in [-0.05, 0) is 19.4 Å². The number of rotatable bonds is 3. The minimum atomic E-state index is -3.51. The van der Waals surface area contributed by atoms with E-state index < -0.39 is 15.1 Å². The first-order valence-electron chi connectivity index (χ1n) is 5.57. The molecule has 5 nitrogen and oxygen atoms in total. The molecule has 1 aromatic carbocycles. The summed E-state index contributed by atoms with van der Waals surface area (Å²) in [6.07, 6.45) is 1.25. The third-order valence-corrected chi connectivity index (χ3v) is 4.98. The van der Waals surface area contributed by atoms with Crippen LogP contribution in [0.5, 0.6) is 0 Å². The van der Waals surface area contributed by atoms with Crippen LogP contribution < -0.4 is 0 Å². The molecule has 96 valence electrons. The molecule has 6 heteroatoms. The fourth-order valence-corrected chi connectivity index (χ4v) is 3.23. The van der Waals surface area contributed by atoms with E-state index >= 15 is 0 Å². The SMILES string of the molecule is Cc1cccc(C(C)S(=O)(=O)c2ncnn2C)c1. The summed E-state index contributed by atoms with van der Waals surface area (Å²) in [5.41, 5.74) is 1.80. The van der Waals surface area contributed by atoms with Crippen molar-refractivity contribution in [2.75, 3.05) is 0 Å². The van der Waals surface area contributed by atoms with Gasteiger partial charge in [-0.3, -0.25) is 0 Å². The summed E-state index contributed by atoms with van der Waals surface area (Å²) in [7, 11) is -1.93. The molecule has 2 aromatic rings. The Kier molecular flexibility index (Phi) is 3.21. The van der Waals surface area contributed by atoms with E-state index in [0.29, 0.717) is 0 Å². The average molecular weight is 265 g/mol. The lowest BCUT2D eigenvalue weighted by Gasteiger charge is -2.12. The van der Waals surface area contributed by atoms with Crippen LogP contribution in [0.2, 0.25) is 0 Å². The number of aryl methyl sites for hydroxylation is 2. The van der Waals surface area contributed by atoms with Gasteiger partial charge in [-0.1, -0.05) is 29.8 Å². The summed E-state index contributed by atoms with van der Waals surface area (Å²) >= 11 is 0. The standard InChI is InChI=1S/C12H15N3O2S/c1-9-5-4-6-11(7-9)10(2)18(16,17)12-13-8-14-15(12)3/h4-8,10H,1-3H3. The Morgan fingerprint density at radius 3 is 2.61 bits per heavy atom. The normalized spacial score (nSPS) is 13.5. The van der Waals surface area contributed by atoms with Crippen LogP contribution in [0.3, 0.4) is 0 Å². The molecule has 0 saturated heterocycles. The molecule has 0 amide bonds. The maximum absolute atomic E-state index is 12.4. The van der Waals surface area contributed by atoms with Crippen molar-refractivity contribution in [2.24, 2.45) is 7.05 Å². The van der Waals surface area contributed by atoms with Gasteiger partial charge in [0, 0.05) is 7.05 Å². The zero-order chi connectivity index (χ0) is 13.3. The molecule has 0 spiro atoms. The second-order valence-corrected chi connectivity index (χ2v) is 6.43. The third-order valence-electron chi connectivity index (χ3n) is 2.90. The molecule has 1 atom stereocenters. The highest BCUT2D eigenvalue weighted by molar-refractivity contribution is 7.91. The van der Waals surface area contributed by atoms with Crippen molar-refractivity contribution in [3.63, 3.8) is 0 Å². The van der Waals surface area contributed by atoms with E-state index in [0.717, 1.165) is 11.1 Å². The Labute approximate surface area is 106 Å². The highest BCUT2D eigenvalue weighted by Gasteiger charge is 2.29. The predicted octanol–water partition coefficient (Wildman–Crippen LogP) is 1.66. The van der Waals surface area contributed by atoms with E-state index in [1.54, 1.807) is 14.0 Å². The van der Waals surface area contributed by atoms with Gasteiger partial charge in [0.15, 0.2) is 0 Å². The Bertz CT molecular complexity index is 661. The second-order valence-electron chi connectivity index (χ2n) is 4.27. The van der Waals surface area contributed by atoms with Gasteiger partial charge in [0.1, 0.15) is 6.33 Å². The maximum Gasteiger partial charge on any atom is 0.245 e. The Morgan fingerprint density at radius 1 is 1.33 bits per heavy atom. The summed E-state index contributed by atoms with van der Waals surface area (Å²) in [6, 6.07) is 7.47. The van der Waals surface area contributed by atoms with E-state index in [1.807, 2.05) is 31.2 Å². The molecule has 0 N–H and O–H groups in total. The van der Waals surface area contributed by atoms with Crippen LogP contribution in [0.25, 0.3) is 0 Å².